The minimum Gasteiger partial charge on any atom is -0.495 e. The molecule has 100 valence electrons. The van der Waals surface area contributed by atoms with Crippen LogP contribution in [-0.2, 0) is 0 Å². The second-order valence-electron chi connectivity index (χ2n) is 4.24. The number of ether oxygens (including phenoxy) is 2. The maximum atomic E-state index is 5.80. The molecule has 0 saturated heterocycles. The van der Waals surface area contributed by atoms with E-state index in [1.807, 2.05) is 36.4 Å². The first kappa shape index (κ1) is 12.9. The van der Waals surface area contributed by atoms with Crippen LogP contribution < -0.4 is 9.47 Å². The molecular formula is C16H12BrNO2. The van der Waals surface area contributed by atoms with Gasteiger partial charge in [-0.2, -0.15) is 0 Å². The summed E-state index contributed by atoms with van der Waals surface area (Å²) in [6.45, 7) is 0. The van der Waals surface area contributed by atoms with Gasteiger partial charge in [0, 0.05) is 6.07 Å². The van der Waals surface area contributed by atoms with E-state index < -0.39 is 0 Å². The fourth-order valence-electron chi connectivity index (χ4n) is 1.95. The van der Waals surface area contributed by atoms with Gasteiger partial charge in [-0.05, 0) is 38.8 Å². The zero-order chi connectivity index (χ0) is 13.9. The van der Waals surface area contributed by atoms with Gasteiger partial charge in [0.05, 0.1) is 17.8 Å². The quantitative estimate of drug-likeness (QED) is 0.691. The molecule has 0 N–H and O–H groups in total. The molecule has 0 saturated carbocycles. The highest BCUT2D eigenvalue weighted by Gasteiger charge is 2.07. The lowest BCUT2D eigenvalue weighted by Crippen LogP contribution is -1.90. The minimum absolute atomic E-state index is 0.529. The van der Waals surface area contributed by atoms with Crippen molar-refractivity contribution in [2.24, 2.45) is 0 Å². The van der Waals surface area contributed by atoms with E-state index in [4.69, 9.17) is 9.47 Å². The molecule has 0 spiro atoms. The Bertz CT molecular complexity index is 741. The third-order valence-corrected chi connectivity index (χ3v) is 3.81. The molecule has 3 nitrogen and oxygen atoms in total. The molecule has 0 radical (unpaired) electrons. The molecule has 1 heterocycles. The van der Waals surface area contributed by atoms with Crippen molar-refractivity contribution in [1.82, 2.24) is 4.98 Å². The normalized spacial score (nSPS) is 10.5. The Morgan fingerprint density at radius 1 is 1.00 bits per heavy atom. The van der Waals surface area contributed by atoms with Gasteiger partial charge in [0.15, 0.2) is 0 Å². The van der Waals surface area contributed by atoms with Crippen molar-refractivity contribution in [3.8, 4) is 17.4 Å². The number of aromatic nitrogens is 1. The maximum absolute atomic E-state index is 5.80. The average Bonchev–Trinajstić information content (AvgIpc) is 2.51. The lowest BCUT2D eigenvalue weighted by atomic mass is 10.1. The standard InChI is InChI=1S/C16H12BrNO2/c1-19-12-7-9-15(18-10-12)20-14-8-6-11-4-2-3-5-13(11)16(14)17/h2-10H,1H3. The van der Waals surface area contributed by atoms with Crippen molar-refractivity contribution in [3.63, 3.8) is 0 Å². The van der Waals surface area contributed by atoms with Crippen molar-refractivity contribution in [2.45, 2.75) is 0 Å². The number of nitrogens with zero attached hydrogens (tertiary/aromatic N) is 1. The Balaban J connectivity index is 1.95. The molecule has 4 heteroatoms. The summed E-state index contributed by atoms with van der Waals surface area (Å²) in [5, 5.41) is 2.27. The number of hydrogen-bond acceptors (Lipinski definition) is 3. The molecule has 0 aliphatic heterocycles. The van der Waals surface area contributed by atoms with Crippen LogP contribution in [0, 0.1) is 0 Å². The summed E-state index contributed by atoms with van der Waals surface area (Å²) >= 11 is 3.59. The van der Waals surface area contributed by atoms with Crippen molar-refractivity contribution >= 4 is 26.7 Å². The lowest BCUT2D eigenvalue weighted by Gasteiger charge is -2.09. The van der Waals surface area contributed by atoms with Crippen molar-refractivity contribution in [2.75, 3.05) is 7.11 Å². The number of hydrogen-bond donors (Lipinski definition) is 0. The SMILES string of the molecule is COc1ccc(Oc2ccc3ccccc3c2Br)nc1. The highest BCUT2D eigenvalue weighted by molar-refractivity contribution is 9.10. The second kappa shape index (κ2) is 5.51. The van der Waals surface area contributed by atoms with Crippen LogP contribution >= 0.6 is 15.9 Å². The zero-order valence-electron chi connectivity index (χ0n) is 10.8. The number of fused-ring (bicyclic) bond motifs is 1. The molecule has 2 aromatic carbocycles. The van der Waals surface area contributed by atoms with Gasteiger partial charge in [-0.3, -0.25) is 0 Å². The molecule has 3 aromatic rings. The van der Waals surface area contributed by atoms with Gasteiger partial charge in [0.1, 0.15) is 11.5 Å². The molecule has 0 unspecified atom stereocenters. The minimum atomic E-state index is 0.529. The number of halogens is 1. The smallest absolute Gasteiger partial charge is 0.219 e. The van der Waals surface area contributed by atoms with Gasteiger partial charge in [-0.1, -0.05) is 30.3 Å². The molecule has 0 aliphatic rings. The van der Waals surface area contributed by atoms with E-state index in [2.05, 4.69) is 27.0 Å². The number of methoxy groups -OCH3 is 1. The summed E-state index contributed by atoms with van der Waals surface area (Å²) in [7, 11) is 1.61. The molecule has 0 amide bonds. The topological polar surface area (TPSA) is 31.4 Å². The number of benzene rings is 2. The van der Waals surface area contributed by atoms with Crippen molar-refractivity contribution in [1.29, 1.82) is 0 Å². The Kier molecular flexibility index (Phi) is 3.56. The second-order valence-corrected chi connectivity index (χ2v) is 5.03. The third kappa shape index (κ3) is 2.47. The van der Waals surface area contributed by atoms with Crippen molar-refractivity contribution < 1.29 is 9.47 Å². The van der Waals surface area contributed by atoms with E-state index in [9.17, 15) is 0 Å². The Labute approximate surface area is 125 Å². The van der Waals surface area contributed by atoms with Crippen molar-refractivity contribution in [3.05, 3.63) is 59.2 Å². The van der Waals surface area contributed by atoms with E-state index in [0.717, 1.165) is 21.0 Å². The van der Waals surface area contributed by atoms with Gasteiger partial charge in [0.2, 0.25) is 5.88 Å². The van der Waals surface area contributed by atoms with Gasteiger partial charge in [-0.25, -0.2) is 4.98 Å². The molecule has 3 rings (SSSR count). The molecule has 0 atom stereocenters. The van der Waals surface area contributed by atoms with Crippen LogP contribution in [0.25, 0.3) is 10.8 Å². The van der Waals surface area contributed by atoms with Gasteiger partial charge < -0.3 is 9.47 Å². The first-order valence-corrected chi connectivity index (χ1v) is 6.92. The van der Waals surface area contributed by atoms with Gasteiger partial charge >= 0.3 is 0 Å². The summed E-state index contributed by atoms with van der Waals surface area (Å²) < 4.78 is 11.8. The first-order valence-electron chi connectivity index (χ1n) is 6.13. The fourth-order valence-corrected chi connectivity index (χ4v) is 2.53. The van der Waals surface area contributed by atoms with Crippen LogP contribution in [-0.4, -0.2) is 12.1 Å². The van der Waals surface area contributed by atoms with Gasteiger partial charge in [0.25, 0.3) is 0 Å². The predicted octanol–water partition coefficient (Wildman–Crippen LogP) is 4.80. The van der Waals surface area contributed by atoms with E-state index in [-0.39, 0.29) is 0 Å². The van der Waals surface area contributed by atoms with Crippen LogP contribution in [0.4, 0.5) is 0 Å². The average molecular weight is 330 g/mol. The molecule has 0 fully saturated rings. The summed E-state index contributed by atoms with van der Waals surface area (Å²) in [6.07, 6.45) is 1.63. The highest BCUT2D eigenvalue weighted by Crippen LogP contribution is 2.35. The highest BCUT2D eigenvalue weighted by atomic mass is 79.9. The Hall–Kier alpha value is -2.07. The molecule has 0 aliphatic carbocycles. The summed E-state index contributed by atoms with van der Waals surface area (Å²) in [6, 6.07) is 15.7. The Morgan fingerprint density at radius 2 is 1.85 bits per heavy atom. The molecule has 0 bridgehead atoms. The van der Waals surface area contributed by atoms with Gasteiger partial charge in [-0.15, -0.1) is 0 Å². The monoisotopic (exact) mass is 329 g/mol. The maximum Gasteiger partial charge on any atom is 0.219 e. The fraction of sp³-hybridized carbons (Fsp3) is 0.0625. The van der Waals surface area contributed by atoms with Crippen LogP contribution in [0.2, 0.25) is 0 Å². The van der Waals surface area contributed by atoms with E-state index >= 15 is 0 Å². The zero-order valence-corrected chi connectivity index (χ0v) is 12.4. The number of rotatable bonds is 3. The third-order valence-electron chi connectivity index (χ3n) is 2.99. The van der Waals surface area contributed by atoms with Crippen LogP contribution in [0.5, 0.6) is 17.4 Å². The molecule has 1 aromatic heterocycles. The largest absolute Gasteiger partial charge is 0.495 e. The summed E-state index contributed by atoms with van der Waals surface area (Å²) in [5.41, 5.74) is 0. The van der Waals surface area contributed by atoms with Crippen LogP contribution in [0.1, 0.15) is 0 Å². The Morgan fingerprint density at radius 3 is 2.60 bits per heavy atom. The molecular weight excluding hydrogens is 318 g/mol. The predicted molar refractivity (Wildman–Crippen MR) is 82.5 cm³/mol. The van der Waals surface area contributed by atoms with Crippen LogP contribution in [0.15, 0.2) is 59.2 Å². The summed E-state index contributed by atoms with van der Waals surface area (Å²) in [5.74, 6) is 1.97. The lowest BCUT2D eigenvalue weighted by molar-refractivity contribution is 0.407. The molecule has 20 heavy (non-hydrogen) atoms. The van der Waals surface area contributed by atoms with E-state index in [0.29, 0.717) is 11.6 Å². The summed E-state index contributed by atoms with van der Waals surface area (Å²) in [4.78, 5) is 4.20. The van der Waals surface area contributed by atoms with E-state index in [1.165, 1.54) is 0 Å². The van der Waals surface area contributed by atoms with E-state index in [1.54, 1.807) is 19.4 Å². The number of pyridine rings is 1. The van der Waals surface area contributed by atoms with Crippen LogP contribution in [0.3, 0.4) is 0 Å². The first-order chi connectivity index (χ1) is 9.78.